The van der Waals surface area contributed by atoms with Crippen LogP contribution in [0, 0.1) is 5.92 Å². The molecule has 1 saturated carbocycles. The van der Waals surface area contributed by atoms with Crippen LogP contribution < -0.4 is 14.8 Å². The van der Waals surface area contributed by atoms with Crippen LogP contribution in [0.2, 0.25) is 0 Å². The lowest BCUT2D eigenvalue weighted by Gasteiger charge is -2.29. The van der Waals surface area contributed by atoms with E-state index in [0.29, 0.717) is 24.3 Å². The first-order chi connectivity index (χ1) is 10.2. The maximum Gasteiger partial charge on any atom is 0.258 e. The number of amides is 1. The molecule has 0 saturated heterocycles. The summed E-state index contributed by atoms with van der Waals surface area (Å²) >= 11 is 0. The average molecular weight is 291 g/mol. The molecule has 1 fully saturated rings. The lowest BCUT2D eigenvalue weighted by molar-refractivity contribution is -0.124. The molecule has 1 aromatic carbocycles. The van der Waals surface area contributed by atoms with Crippen LogP contribution >= 0.6 is 0 Å². The second kappa shape index (κ2) is 7.91. The maximum absolute atomic E-state index is 11.9. The first-order valence-corrected chi connectivity index (χ1v) is 7.84. The first kappa shape index (κ1) is 15.7. The highest BCUT2D eigenvalue weighted by Crippen LogP contribution is 2.23. The van der Waals surface area contributed by atoms with Crippen molar-refractivity contribution >= 4 is 5.91 Å². The number of nitrogens with one attached hydrogen (secondary N) is 1. The minimum Gasteiger partial charge on any atom is -0.494 e. The normalized spacial score (nSPS) is 21.6. The molecule has 2 atom stereocenters. The molecule has 1 N–H and O–H groups in total. The minimum absolute atomic E-state index is 0.0392. The molecule has 1 aliphatic rings. The predicted octanol–water partition coefficient (Wildman–Crippen LogP) is 3.16. The van der Waals surface area contributed by atoms with Crippen molar-refractivity contribution in [2.24, 2.45) is 5.92 Å². The van der Waals surface area contributed by atoms with E-state index in [0.717, 1.165) is 12.2 Å². The average Bonchev–Trinajstić information content (AvgIpc) is 2.49. The van der Waals surface area contributed by atoms with Crippen LogP contribution in [0.1, 0.15) is 39.5 Å². The Morgan fingerprint density at radius 2 is 1.76 bits per heavy atom. The minimum atomic E-state index is -0.0392. The fourth-order valence-corrected chi connectivity index (χ4v) is 2.73. The predicted molar refractivity (Wildman–Crippen MR) is 82.7 cm³/mol. The summed E-state index contributed by atoms with van der Waals surface area (Å²) in [7, 11) is 0. The summed E-state index contributed by atoms with van der Waals surface area (Å²) in [4.78, 5) is 11.9. The fraction of sp³-hybridized carbons (Fsp3) is 0.588. The van der Waals surface area contributed by atoms with E-state index in [9.17, 15) is 4.79 Å². The van der Waals surface area contributed by atoms with Gasteiger partial charge in [-0.05, 0) is 49.9 Å². The third kappa shape index (κ3) is 4.96. The van der Waals surface area contributed by atoms with Crippen LogP contribution in [-0.4, -0.2) is 25.2 Å². The molecule has 4 nitrogen and oxygen atoms in total. The Hall–Kier alpha value is -1.71. The van der Waals surface area contributed by atoms with Gasteiger partial charge in [0.2, 0.25) is 0 Å². The van der Waals surface area contributed by atoms with E-state index in [-0.39, 0.29) is 12.5 Å². The highest BCUT2D eigenvalue weighted by Gasteiger charge is 2.22. The highest BCUT2D eigenvalue weighted by atomic mass is 16.5. The number of benzene rings is 1. The van der Waals surface area contributed by atoms with Crippen molar-refractivity contribution in [3.8, 4) is 11.5 Å². The Morgan fingerprint density at radius 1 is 1.14 bits per heavy atom. The quantitative estimate of drug-likeness (QED) is 0.876. The Balaban J connectivity index is 1.75. The Morgan fingerprint density at radius 3 is 2.38 bits per heavy atom. The number of ether oxygens (including phenoxy) is 2. The van der Waals surface area contributed by atoms with Gasteiger partial charge in [-0.3, -0.25) is 4.79 Å². The summed E-state index contributed by atoms with van der Waals surface area (Å²) < 4.78 is 10.9. The third-order valence-electron chi connectivity index (χ3n) is 3.96. The van der Waals surface area contributed by atoms with Crippen LogP contribution in [0.5, 0.6) is 11.5 Å². The second-order valence-electron chi connectivity index (χ2n) is 5.63. The van der Waals surface area contributed by atoms with Crippen molar-refractivity contribution in [3.05, 3.63) is 24.3 Å². The molecule has 0 aromatic heterocycles. The van der Waals surface area contributed by atoms with Gasteiger partial charge in [-0.2, -0.15) is 0 Å². The van der Waals surface area contributed by atoms with Gasteiger partial charge in [-0.25, -0.2) is 0 Å². The Bertz CT molecular complexity index is 444. The van der Waals surface area contributed by atoms with Gasteiger partial charge in [0.05, 0.1) is 6.61 Å². The van der Waals surface area contributed by atoms with Crippen molar-refractivity contribution in [2.75, 3.05) is 13.2 Å². The molecule has 0 aliphatic heterocycles. The van der Waals surface area contributed by atoms with E-state index in [1.54, 1.807) is 0 Å². The monoisotopic (exact) mass is 291 g/mol. The lowest BCUT2D eigenvalue weighted by atomic mass is 9.86. The van der Waals surface area contributed by atoms with Gasteiger partial charge in [0.15, 0.2) is 6.61 Å². The Kier molecular flexibility index (Phi) is 5.90. The zero-order valence-electron chi connectivity index (χ0n) is 12.9. The SMILES string of the molecule is CCOc1ccc(OCC(=O)N[C@@H]2CCCC[C@@H]2C)cc1. The van der Waals surface area contributed by atoms with Crippen molar-refractivity contribution in [3.63, 3.8) is 0 Å². The first-order valence-electron chi connectivity index (χ1n) is 7.84. The molecule has 116 valence electrons. The van der Waals surface area contributed by atoms with Crippen LogP contribution in [0.15, 0.2) is 24.3 Å². The molecule has 0 bridgehead atoms. The molecule has 4 heteroatoms. The molecule has 21 heavy (non-hydrogen) atoms. The molecule has 1 amide bonds. The number of hydrogen-bond donors (Lipinski definition) is 1. The number of rotatable bonds is 6. The fourth-order valence-electron chi connectivity index (χ4n) is 2.73. The molecule has 0 spiro atoms. The zero-order chi connectivity index (χ0) is 15.1. The number of carbonyl (C=O) groups excluding carboxylic acids is 1. The second-order valence-corrected chi connectivity index (χ2v) is 5.63. The maximum atomic E-state index is 11.9. The molecule has 0 heterocycles. The summed E-state index contributed by atoms with van der Waals surface area (Å²) in [5.74, 6) is 2.02. The van der Waals surface area contributed by atoms with Gasteiger partial charge in [-0.1, -0.05) is 19.8 Å². The third-order valence-corrected chi connectivity index (χ3v) is 3.96. The number of carbonyl (C=O) groups is 1. The van der Waals surface area contributed by atoms with Gasteiger partial charge < -0.3 is 14.8 Å². The number of hydrogen-bond acceptors (Lipinski definition) is 3. The standard InChI is InChI=1S/C17H25NO3/c1-3-20-14-8-10-15(11-9-14)21-12-17(19)18-16-7-5-4-6-13(16)2/h8-11,13,16H,3-7,12H2,1-2H3,(H,18,19)/t13-,16+/m0/s1. The van der Waals surface area contributed by atoms with E-state index in [1.165, 1.54) is 19.3 Å². The summed E-state index contributed by atoms with van der Waals surface area (Å²) in [6, 6.07) is 7.64. The van der Waals surface area contributed by atoms with Gasteiger partial charge >= 0.3 is 0 Å². The van der Waals surface area contributed by atoms with Crippen molar-refractivity contribution in [1.82, 2.24) is 5.32 Å². The van der Waals surface area contributed by atoms with Gasteiger partial charge in [0, 0.05) is 6.04 Å². The van der Waals surface area contributed by atoms with Gasteiger partial charge in [0.25, 0.3) is 5.91 Å². The zero-order valence-corrected chi connectivity index (χ0v) is 12.9. The van der Waals surface area contributed by atoms with E-state index in [1.807, 2.05) is 31.2 Å². The van der Waals surface area contributed by atoms with Crippen LogP contribution in [0.25, 0.3) is 0 Å². The summed E-state index contributed by atoms with van der Waals surface area (Å²) in [6.45, 7) is 4.86. The molecule has 2 rings (SSSR count). The van der Waals surface area contributed by atoms with Crippen molar-refractivity contribution in [1.29, 1.82) is 0 Å². The highest BCUT2D eigenvalue weighted by molar-refractivity contribution is 5.77. The molecule has 0 unspecified atom stereocenters. The van der Waals surface area contributed by atoms with Gasteiger partial charge in [0.1, 0.15) is 11.5 Å². The Labute approximate surface area is 126 Å². The smallest absolute Gasteiger partial charge is 0.258 e. The van der Waals surface area contributed by atoms with Crippen LogP contribution in [0.3, 0.4) is 0 Å². The molecule has 1 aromatic rings. The molecular weight excluding hydrogens is 266 g/mol. The largest absolute Gasteiger partial charge is 0.494 e. The van der Waals surface area contributed by atoms with Crippen molar-refractivity contribution in [2.45, 2.75) is 45.6 Å². The van der Waals surface area contributed by atoms with Crippen molar-refractivity contribution < 1.29 is 14.3 Å². The summed E-state index contributed by atoms with van der Waals surface area (Å²) in [5, 5.41) is 3.08. The van der Waals surface area contributed by atoms with E-state index >= 15 is 0 Å². The van der Waals surface area contributed by atoms with E-state index in [4.69, 9.17) is 9.47 Å². The summed E-state index contributed by atoms with van der Waals surface area (Å²) in [6.07, 6.45) is 4.76. The van der Waals surface area contributed by atoms with Crippen LogP contribution in [-0.2, 0) is 4.79 Å². The van der Waals surface area contributed by atoms with Crippen LogP contribution in [0.4, 0.5) is 0 Å². The lowest BCUT2D eigenvalue weighted by Crippen LogP contribution is -2.43. The van der Waals surface area contributed by atoms with E-state index < -0.39 is 0 Å². The molecule has 1 aliphatic carbocycles. The van der Waals surface area contributed by atoms with Gasteiger partial charge in [-0.15, -0.1) is 0 Å². The molecule has 0 radical (unpaired) electrons. The topological polar surface area (TPSA) is 47.6 Å². The summed E-state index contributed by atoms with van der Waals surface area (Å²) in [5.41, 5.74) is 0. The molecular formula is C17H25NO3. The van der Waals surface area contributed by atoms with E-state index in [2.05, 4.69) is 12.2 Å².